The maximum absolute atomic E-state index is 11.8. The smallest absolute Gasteiger partial charge is 0.336 e. The van der Waals surface area contributed by atoms with Gasteiger partial charge in [0.1, 0.15) is 0 Å². The molecule has 0 bridgehead atoms. The third kappa shape index (κ3) is 2.06. The number of fused-ring (bicyclic) bond motifs is 1. The van der Waals surface area contributed by atoms with Crippen LogP contribution in [0.5, 0.6) is 0 Å². The zero-order valence-corrected chi connectivity index (χ0v) is 10.5. The molecule has 1 fully saturated rings. The van der Waals surface area contributed by atoms with Gasteiger partial charge in [0.25, 0.3) is 0 Å². The van der Waals surface area contributed by atoms with Crippen LogP contribution in [0.15, 0.2) is 10.6 Å². The van der Waals surface area contributed by atoms with Crippen molar-refractivity contribution in [1.82, 2.24) is 4.90 Å². The number of likely N-dealkylation sites (tertiary alicyclic amines) is 1. The molecule has 0 amide bonds. The quantitative estimate of drug-likeness (QED) is 0.725. The number of ether oxygens (including phenoxy) is 1. The molecule has 0 saturated carbocycles. The molecule has 2 aliphatic heterocycles. The molecular weight excluding hydrogens is 224 g/mol. The van der Waals surface area contributed by atoms with Crippen LogP contribution in [0.2, 0.25) is 0 Å². The van der Waals surface area contributed by atoms with Gasteiger partial charge in [0.2, 0.25) is 0 Å². The van der Waals surface area contributed by atoms with Gasteiger partial charge >= 0.3 is 5.97 Å². The average molecular weight is 242 g/mol. The molecule has 0 radical (unpaired) electrons. The SMILES string of the molecule is CCOC(=O)C1=C(N)S[C@H]2CN(C)CC[C@@H]12. The molecule has 0 aromatic rings. The van der Waals surface area contributed by atoms with Crippen LogP contribution in [0.25, 0.3) is 0 Å². The Morgan fingerprint density at radius 1 is 1.69 bits per heavy atom. The number of nitrogens with two attached hydrogens (primary N) is 1. The first-order chi connectivity index (χ1) is 7.63. The van der Waals surface area contributed by atoms with Crippen LogP contribution in [-0.2, 0) is 9.53 Å². The molecule has 16 heavy (non-hydrogen) atoms. The zero-order chi connectivity index (χ0) is 11.7. The maximum atomic E-state index is 11.8. The summed E-state index contributed by atoms with van der Waals surface area (Å²) in [5.74, 6) is 0.0739. The number of hydrogen-bond acceptors (Lipinski definition) is 5. The minimum atomic E-state index is -0.218. The highest BCUT2D eigenvalue weighted by atomic mass is 32.2. The van der Waals surface area contributed by atoms with Gasteiger partial charge in [0.05, 0.1) is 17.2 Å². The van der Waals surface area contributed by atoms with Gasteiger partial charge in [-0.2, -0.15) is 0 Å². The summed E-state index contributed by atoms with van der Waals surface area (Å²) in [6.07, 6.45) is 1.00. The first-order valence-electron chi connectivity index (χ1n) is 5.65. The molecule has 0 aliphatic carbocycles. The number of rotatable bonds is 2. The predicted octanol–water partition coefficient (Wildman–Crippen LogP) is 0.787. The largest absolute Gasteiger partial charge is 0.463 e. The molecule has 2 heterocycles. The second-order valence-electron chi connectivity index (χ2n) is 4.31. The Morgan fingerprint density at radius 3 is 3.12 bits per heavy atom. The van der Waals surface area contributed by atoms with E-state index in [0.717, 1.165) is 25.1 Å². The number of nitrogens with zero attached hydrogens (tertiary/aromatic N) is 1. The number of carbonyl (C=O) groups excluding carboxylic acids is 1. The summed E-state index contributed by atoms with van der Waals surface area (Å²) < 4.78 is 5.07. The van der Waals surface area contributed by atoms with E-state index < -0.39 is 0 Å². The third-order valence-corrected chi connectivity index (χ3v) is 4.43. The fourth-order valence-corrected chi connectivity index (χ4v) is 3.84. The van der Waals surface area contributed by atoms with Crippen molar-refractivity contribution in [2.24, 2.45) is 11.7 Å². The molecule has 4 nitrogen and oxygen atoms in total. The molecule has 5 heteroatoms. The maximum Gasteiger partial charge on any atom is 0.336 e. The van der Waals surface area contributed by atoms with Crippen molar-refractivity contribution in [3.05, 3.63) is 10.6 Å². The summed E-state index contributed by atoms with van der Waals surface area (Å²) >= 11 is 1.63. The van der Waals surface area contributed by atoms with E-state index in [2.05, 4.69) is 11.9 Å². The zero-order valence-electron chi connectivity index (χ0n) is 9.73. The Hall–Kier alpha value is -0.680. The Kier molecular flexibility index (Phi) is 3.44. The summed E-state index contributed by atoms with van der Waals surface area (Å²) in [5.41, 5.74) is 6.67. The minimum Gasteiger partial charge on any atom is -0.463 e. The van der Waals surface area contributed by atoms with Gasteiger partial charge in [0, 0.05) is 17.7 Å². The number of thioether (sulfide) groups is 1. The second-order valence-corrected chi connectivity index (χ2v) is 5.59. The molecular formula is C11H18N2O2S. The van der Waals surface area contributed by atoms with Crippen LogP contribution in [0, 0.1) is 5.92 Å². The van der Waals surface area contributed by atoms with Gasteiger partial charge in [-0.3, -0.25) is 0 Å². The third-order valence-electron chi connectivity index (χ3n) is 3.17. The predicted molar refractivity (Wildman–Crippen MR) is 64.8 cm³/mol. The molecule has 2 N–H and O–H groups in total. The second kappa shape index (κ2) is 4.67. The molecule has 0 unspecified atom stereocenters. The van der Waals surface area contributed by atoms with Crippen LogP contribution in [0.1, 0.15) is 13.3 Å². The Labute approximate surface area is 100 Å². The van der Waals surface area contributed by atoms with Crippen molar-refractivity contribution in [3.8, 4) is 0 Å². The summed E-state index contributed by atoms with van der Waals surface area (Å²) in [6, 6.07) is 0. The van der Waals surface area contributed by atoms with Crippen LogP contribution in [0.3, 0.4) is 0 Å². The van der Waals surface area contributed by atoms with Crippen LogP contribution in [-0.4, -0.2) is 42.9 Å². The van der Waals surface area contributed by atoms with E-state index in [1.807, 2.05) is 6.92 Å². The van der Waals surface area contributed by atoms with Crippen LogP contribution in [0.4, 0.5) is 0 Å². The van der Waals surface area contributed by atoms with Gasteiger partial charge in [-0.1, -0.05) is 0 Å². The van der Waals surface area contributed by atoms with Crippen molar-refractivity contribution in [2.45, 2.75) is 18.6 Å². The number of hydrogen-bond donors (Lipinski definition) is 1. The summed E-state index contributed by atoms with van der Waals surface area (Å²) in [7, 11) is 2.11. The Morgan fingerprint density at radius 2 is 2.44 bits per heavy atom. The van der Waals surface area contributed by atoms with Crippen molar-refractivity contribution in [2.75, 3.05) is 26.7 Å². The van der Waals surface area contributed by atoms with Crippen LogP contribution < -0.4 is 5.73 Å². The molecule has 1 saturated heterocycles. The number of esters is 1. The van der Waals surface area contributed by atoms with E-state index in [-0.39, 0.29) is 5.97 Å². The van der Waals surface area contributed by atoms with Gasteiger partial charge in [-0.25, -0.2) is 4.79 Å². The Balaban J connectivity index is 2.13. The number of piperidine rings is 1. The molecule has 0 aromatic carbocycles. The summed E-state index contributed by atoms with van der Waals surface area (Å²) in [6.45, 7) is 4.26. The first-order valence-corrected chi connectivity index (χ1v) is 6.53. The summed E-state index contributed by atoms with van der Waals surface area (Å²) in [5, 5.41) is 1.10. The summed E-state index contributed by atoms with van der Waals surface area (Å²) in [4.78, 5) is 14.1. The first kappa shape index (κ1) is 11.8. The monoisotopic (exact) mass is 242 g/mol. The molecule has 2 aliphatic rings. The van der Waals surface area contributed by atoms with Crippen LogP contribution >= 0.6 is 11.8 Å². The molecule has 0 aromatic heterocycles. The lowest BCUT2D eigenvalue weighted by molar-refractivity contribution is -0.139. The molecule has 90 valence electrons. The van der Waals surface area contributed by atoms with Gasteiger partial charge in [0.15, 0.2) is 0 Å². The lowest BCUT2D eigenvalue weighted by atomic mass is 9.89. The highest BCUT2D eigenvalue weighted by Gasteiger charge is 2.41. The molecule has 2 atom stereocenters. The minimum absolute atomic E-state index is 0.218. The highest BCUT2D eigenvalue weighted by Crippen LogP contribution is 2.44. The fraction of sp³-hybridized carbons (Fsp3) is 0.727. The highest BCUT2D eigenvalue weighted by molar-refractivity contribution is 8.04. The van der Waals surface area contributed by atoms with E-state index in [4.69, 9.17) is 10.5 Å². The lowest BCUT2D eigenvalue weighted by Crippen LogP contribution is -2.39. The Bertz CT molecular complexity index is 330. The fourth-order valence-electron chi connectivity index (χ4n) is 2.39. The van der Waals surface area contributed by atoms with Crippen molar-refractivity contribution in [3.63, 3.8) is 0 Å². The van der Waals surface area contributed by atoms with E-state index in [0.29, 0.717) is 22.8 Å². The van der Waals surface area contributed by atoms with Gasteiger partial charge in [-0.05, 0) is 26.9 Å². The van der Waals surface area contributed by atoms with Crippen molar-refractivity contribution >= 4 is 17.7 Å². The van der Waals surface area contributed by atoms with Crippen molar-refractivity contribution < 1.29 is 9.53 Å². The van der Waals surface area contributed by atoms with E-state index in [9.17, 15) is 4.79 Å². The van der Waals surface area contributed by atoms with E-state index >= 15 is 0 Å². The van der Waals surface area contributed by atoms with Gasteiger partial charge in [-0.15, -0.1) is 11.8 Å². The molecule has 0 spiro atoms. The average Bonchev–Trinajstić information content (AvgIpc) is 2.53. The normalized spacial score (nSPS) is 30.4. The van der Waals surface area contributed by atoms with E-state index in [1.54, 1.807) is 11.8 Å². The standard InChI is InChI=1S/C11H18N2O2S/c1-3-15-11(14)9-7-4-5-13(2)6-8(7)16-10(9)12/h7-8H,3-6,12H2,1-2H3/t7-,8+/m1/s1. The van der Waals surface area contributed by atoms with E-state index in [1.165, 1.54) is 0 Å². The van der Waals surface area contributed by atoms with Gasteiger partial charge < -0.3 is 15.4 Å². The van der Waals surface area contributed by atoms with Crippen molar-refractivity contribution in [1.29, 1.82) is 0 Å². The molecule has 2 rings (SSSR count). The lowest BCUT2D eigenvalue weighted by Gasteiger charge is -2.32. The topological polar surface area (TPSA) is 55.6 Å². The number of carbonyl (C=O) groups is 1.